The van der Waals surface area contributed by atoms with Crippen molar-refractivity contribution in [2.45, 2.75) is 20.4 Å². The van der Waals surface area contributed by atoms with Crippen molar-refractivity contribution in [1.29, 1.82) is 0 Å². The fraction of sp³-hybridized carbons (Fsp3) is 0.312. The van der Waals surface area contributed by atoms with E-state index in [1.54, 1.807) is 0 Å². The highest BCUT2D eigenvalue weighted by Gasteiger charge is 2.03. The summed E-state index contributed by atoms with van der Waals surface area (Å²) in [5, 5.41) is 3.24. The lowest BCUT2D eigenvalue weighted by Gasteiger charge is -2.19. The van der Waals surface area contributed by atoms with E-state index in [2.05, 4.69) is 66.4 Å². The zero-order valence-electron chi connectivity index (χ0n) is 11.9. The van der Waals surface area contributed by atoms with Crippen molar-refractivity contribution < 1.29 is 0 Å². The third-order valence-electron chi connectivity index (χ3n) is 3.04. The van der Waals surface area contributed by atoms with Crippen LogP contribution in [-0.2, 0) is 6.54 Å². The minimum absolute atomic E-state index is 0.808. The molecular weight excluding hydrogens is 234 g/mol. The molecule has 1 N–H and O–H groups in total. The SMILES string of the molecule is CCNc1cccc(CN(C)c2ccc(C)cc2)n1. The van der Waals surface area contributed by atoms with Gasteiger partial charge in [0.1, 0.15) is 5.82 Å². The first kappa shape index (κ1) is 13.4. The molecule has 0 saturated carbocycles. The van der Waals surface area contributed by atoms with Crippen LogP contribution in [0, 0.1) is 6.92 Å². The molecule has 3 heteroatoms. The number of aromatic nitrogens is 1. The number of nitrogens with one attached hydrogen (secondary N) is 1. The summed E-state index contributed by atoms with van der Waals surface area (Å²) in [7, 11) is 2.09. The second-order valence-corrected chi connectivity index (χ2v) is 4.74. The first-order valence-corrected chi connectivity index (χ1v) is 6.66. The van der Waals surface area contributed by atoms with Crippen LogP contribution in [0.5, 0.6) is 0 Å². The van der Waals surface area contributed by atoms with Crippen LogP contribution in [-0.4, -0.2) is 18.6 Å². The predicted octanol–water partition coefficient (Wildman–Crippen LogP) is 3.46. The summed E-state index contributed by atoms with van der Waals surface area (Å²) >= 11 is 0. The summed E-state index contributed by atoms with van der Waals surface area (Å²) in [6, 6.07) is 14.7. The van der Waals surface area contributed by atoms with E-state index >= 15 is 0 Å². The number of hydrogen-bond donors (Lipinski definition) is 1. The van der Waals surface area contributed by atoms with Gasteiger partial charge in [0.2, 0.25) is 0 Å². The maximum absolute atomic E-state index is 4.59. The lowest BCUT2D eigenvalue weighted by atomic mass is 10.2. The number of pyridine rings is 1. The molecule has 0 bridgehead atoms. The van der Waals surface area contributed by atoms with Gasteiger partial charge in [0.15, 0.2) is 0 Å². The average Bonchev–Trinajstić information content (AvgIpc) is 2.40. The molecule has 2 rings (SSSR count). The van der Waals surface area contributed by atoms with E-state index < -0.39 is 0 Å². The van der Waals surface area contributed by atoms with E-state index in [9.17, 15) is 0 Å². The Morgan fingerprint density at radius 3 is 2.53 bits per heavy atom. The average molecular weight is 255 g/mol. The normalized spacial score (nSPS) is 10.3. The van der Waals surface area contributed by atoms with E-state index in [1.807, 2.05) is 12.1 Å². The molecule has 1 heterocycles. The molecule has 0 atom stereocenters. The van der Waals surface area contributed by atoms with Gasteiger partial charge in [0.25, 0.3) is 0 Å². The van der Waals surface area contributed by atoms with Crippen LogP contribution in [0.1, 0.15) is 18.2 Å². The molecule has 0 radical (unpaired) electrons. The summed E-state index contributed by atoms with van der Waals surface area (Å²) in [5.74, 6) is 0.942. The van der Waals surface area contributed by atoms with Gasteiger partial charge in [0.05, 0.1) is 12.2 Å². The monoisotopic (exact) mass is 255 g/mol. The first-order valence-electron chi connectivity index (χ1n) is 6.66. The van der Waals surface area contributed by atoms with E-state index in [0.717, 1.165) is 24.6 Å². The van der Waals surface area contributed by atoms with Crippen molar-refractivity contribution >= 4 is 11.5 Å². The fourth-order valence-corrected chi connectivity index (χ4v) is 1.98. The van der Waals surface area contributed by atoms with Crippen molar-refractivity contribution in [1.82, 2.24) is 4.98 Å². The van der Waals surface area contributed by atoms with E-state index in [-0.39, 0.29) is 0 Å². The Labute approximate surface area is 115 Å². The molecule has 0 fully saturated rings. The molecule has 0 aliphatic rings. The van der Waals surface area contributed by atoms with Crippen LogP contribution < -0.4 is 10.2 Å². The Bertz CT molecular complexity index is 520. The molecule has 3 nitrogen and oxygen atoms in total. The largest absolute Gasteiger partial charge is 0.370 e. The van der Waals surface area contributed by atoms with Crippen LogP contribution in [0.4, 0.5) is 11.5 Å². The first-order chi connectivity index (χ1) is 9.19. The molecule has 19 heavy (non-hydrogen) atoms. The Morgan fingerprint density at radius 1 is 1.11 bits per heavy atom. The smallest absolute Gasteiger partial charge is 0.126 e. The Balaban J connectivity index is 2.07. The van der Waals surface area contributed by atoms with Crippen molar-refractivity contribution in [2.24, 2.45) is 0 Å². The maximum atomic E-state index is 4.59. The minimum atomic E-state index is 0.808. The van der Waals surface area contributed by atoms with Crippen LogP contribution in [0.15, 0.2) is 42.5 Å². The van der Waals surface area contributed by atoms with Crippen LogP contribution >= 0.6 is 0 Å². The maximum Gasteiger partial charge on any atom is 0.126 e. The minimum Gasteiger partial charge on any atom is -0.370 e. The van der Waals surface area contributed by atoms with Crippen molar-refractivity contribution in [3.05, 3.63) is 53.7 Å². The van der Waals surface area contributed by atoms with Gasteiger partial charge in [-0.25, -0.2) is 4.98 Å². The van der Waals surface area contributed by atoms with E-state index in [4.69, 9.17) is 0 Å². The molecule has 0 aliphatic carbocycles. The van der Waals surface area contributed by atoms with Gasteiger partial charge in [-0.05, 0) is 38.1 Å². The molecule has 0 aliphatic heterocycles. The number of benzene rings is 1. The van der Waals surface area contributed by atoms with Gasteiger partial charge >= 0.3 is 0 Å². The van der Waals surface area contributed by atoms with Crippen LogP contribution in [0.3, 0.4) is 0 Å². The zero-order chi connectivity index (χ0) is 13.7. The quantitative estimate of drug-likeness (QED) is 0.887. The molecule has 100 valence electrons. The summed E-state index contributed by atoms with van der Waals surface area (Å²) in [5.41, 5.74) is 3.56. The Morgan fingerprint density at radius 2 is 1.84 bits per heavy atom. The Hall–Kier alpha value is -2.03. The second kappa shape index (κ2) is 6.23. The van der Waals surface area contributed by atoms with Crippen LogP contribution in [0.25, 0.3) is 0 Å². The lowest BCUT2D eigenvalue weighted by Crippen LogP contribution is -2.17. The number of aryl methyl sites for hydroxylation is 1. The lowest BCUT2D eigenvalue weighted by molar-refractivity contribution is 0.884. The highest BCUT2D eigenvalue weighted by Crippen LogP contribution is 2.16. The van der Waals surface area contributed by atoms with Gasteiger partial charge in [0, 0.05) is 19.3 Å². The van der Waals surface area contributed by atoms with E-state index in [1.165, 1.54) is 11.3 Å². The third kappa shape index (κ3) is 3.71. The summed E-state index contributed by atoms with van der Waals surface area (Å²) in [6.07, 6.45) is 0. The van der Waals surface area contributed by atoms with Crippen LogP contribution in [0.2, 0.25) is 0 Å². The fourth-order valence-electron chi connectivity index (χ4n) is 1.98. The highest BCUT2D eigenvalue weighted by atomic mass is 15.1. The van der Waals surface area contributed by atoms with Gasteiger partial charge < -0.3 is 10.2 Å². The van der Waals surface area contributed by atoms with Gasteiger partial charge in [-0.2, -0.15) is 0 Å². The number of rotatable bonds is 5. The second-order valence-electron chi connectivity index (χ2n) is 4.74. The standard InChI is InChI=1S/C16H21N3/c1-4-17-16-7-5-6-14(18-16)12-19(3)15-10-8-13(2)9-11-15/h5-11H,4,12H2,1-3H3,(H,17,18). The summed E-state index contributed by atoms with van der Waals surface area (Å²) < 4.78 is 0. The highest BCUT2D eigenvalue weighted by molar-refractivity contribution is 5.47. The summed E-state index contributed by atoms with van der Waals surface area (Å²) in [4.78, 5) is 6.80. The number of anilines is 2. The third-order valence-corrected chi connectivity index (χ3v) is 3.04. The van der Waals surface area contributed by atoms with E-state index in [0.29, 0.717) is 0 Å². The molecule has 0 amide bonds. The molecule has 1 aromatic heterocycles. The number of hydrogen-bond acceptors (Lipinski definition) is 3. The van der Waals surface area contributed by atoms with Gasteiger partial charge in [-0.3, -0.25) is 0 Å². The Kier molecular flexibility index (Phi) is 4.39. The number of nitrogens with zero attached hydrogens (tertiary/aromatic N) is 2. The molecule has 0 spiro atoms. The molecule has 0 saturated heterocycles. The van der Waals surface area contributed by atoms with Gasteiger partial charge in [-0.1, -0.05) is 23.8 Å². The zero-order valence-corrected chi connectivity index (χ0v) is 11.9. The predicted molar refractivity (Wildman–Crippen MR) is 81.7 cm³/mol. The molecule has 2 aromatic rings. The van der Waals surface area contributed by atoms with Crippen molar-refractivity contribution in [2.75, 3.05) is 23.8 Å². The van der Waals surface area contributed by atoms with Crippen molar-refractivity contribution in [3.63, 3.8) is 0 Å². The molecule has 1 aromatic carbocycles. The molecular formula is C16H21N3. The van der Waals surface area contributed by atoms with Crippen molar-refractivity contribution in [3.8, 4) is 0 Å². The summed E-state index contributed by atoms with van der Waals surface area (Å²) in [6.45, 7) is 5.88. The topological polar surface area (TPSA) is 28.2 Å². The molecule has 0 unspecified atom stereocenters. The van der Waals surface area contributed by atoms with Gasteiger partial charge in [-0.15, -0.1) is 0 Å².